The van der Waals surface area contributed by atoms with Gasteiger partial charge in [0.15, 0.2) is 0 Å². The van der Waals surface area contributed by atoms with Gasteiger partial charge in [-0.05, 0) is 6.42 Å². The monoisotopic (exact) mass is 270 g/mol. The summed E-state index contributed by atoms with van der Waals surface area (Å²) in [6, 6.07) is 0. The number of hydrogen-bond acceptors (Lipinski definition) is 2. The van der Waals surface area contributed by atoms with Gasteiger partial charge in [0.2, 0.25) is 11.8 Å². The molecule has 0 saturated carbocycles. The van der Waals surface area contributed by atoms with Crippen LogP contribution in [0.1, 0.15) is 32.6 Å². The van der Waals surface area contributed by atoms with E-state index in [4.69, 9.17) is 0 Å². The highest BCUT2D eigenvalue weighted by molar-refractivity contribution is 5.89. The first-order valence-corrected chi connectivity index (χ1v) is 7.39. The number of hydrogen-bond donors (Lipinski definition) is 2. The summed E-state index contributed by atoms with van der Waals surface area (Å²) in [5.74, 6) is 0.0310. The summed E-state index contributed by atoms with van der Waals surface area (Å²) in [6.45, 7) is 5.26. The molecule has 1 fully saturated rings. The van der Waals surface area contributed by atoms with Crippen LogP contribution in [-0.2, 0) is 9.59 Å². The second-order valence-corrected chi connectivity index (χ2v) is 5.70. The van der Waals surface area contributed by atoms with Gasteiger partial charge in [-0.15, -0.1) is 0 Å². The van der Waals surface area contributed by atoms with Gasteiger partial charge in [0.05, 0.1) is 26.6 Å². The van der Waals surface area contributed by atoms with Crippen molar-refractivity contribution in [2.75, 3.05) is 40.3 Å². The molecule has 1 rings (SSSR count). The number of amides is 2. The zero-order valence-corrected chi connectivity index (χ0v) is 12.5. The van der Waals surface area contributed by atoms with Gasteiger partial charge in [-0.25, -0.2) is 0 Å². The van der Waals surface area contributed by atoms with Crippen LogP contribution in [0.5, 0.6) is 0 Å². The van der Waals surface area contributed by atoms with Crippen LogP contribution in [-0.4, -0.2) is 57.0 Å². The minimum atomic E-state index is -0.143. The van der Waals surface area contributed by atoms with Gasteiger partial charge in [-0.1, -0.05) is 13.3 Å². The van der Waals surface area contributed by atoms with Crippen LogP contribution < -0.4 is 10.2 Å². The van der Waals surface area contributed by atoms with Crippen molar-refractivity contribution in [2.24, 2.45) is 5.92 Å². The highest BCUT2D eigenvalue weighted by atomic mass is 16.2. The number of likely N-dealkylation sites (tertiary alicyclic amines) is 1. The van der Waals surface area contributed by atoms with Crippen LogP contribution in [0.3, 0.4) is 0 Å². The minimum absolute atomic E-state index is 0.0427. The summed E-state index contributed by atoms with van der Waals surface area (Å²) in [7, 11) is 4.20. The molecule has 110 valence electrons. The molecule has 19 heavy (non-hydrogen) atoms. The molecule has 0 aromatic heterocycles. The quantitative estimate of drug-likeness (QED) is 0.572. The van der Waals surface area contributed by atoms with E-state index in [2.05, 4.69) is 26.3 Å². The number of quaternary nitrogens is 1. The summed E-state index contributed by atoms with van der Waals surface area (Å²) in [5.41, 5.74) is 0. The average Bonchev–Trinajstić information content (AvgIpc) is 2.73. The molecule has 0 bridgehead atoms. The standard InChI is InChI=1S/C14H27N3O2/c1-4-5-9-17-11-12(10-13(17)18)14(19)15-7-6-8-16(2)3/h12H,4-11H2,1-3H3,(H,15,19)/p+1/t12-/m0/s1. The molecule has 1 aliphatic heterocycles. The molecular formula is C14H28N3O2+. The third kappa shape index (κ3) is 5.59. The third-order valence-electron chi connectivity index (χ3n) is 3.52. The normalized spacial score (nSPS) is 19.3. The smallest absolute Gasteiger partial charge is 0.225 e. The molecule has 0 unspecified atom stereocenters. The van der Waals surface area contributed by atoms with Gasteiger partial charge in [0.25, 0.3) is 0 Å². The van der Waals surface area contributed by atoms with Crippen molar-refractivity contribution in [3.8, 4) is 0 Å². The van der Waals surface area contributed by atoms with Crippen LogP contribution in [0.4, 0.5) is 0 Å². The number of unbranched alkanes of at least 4 members (excludes halogenated alkanes) is 1. The maximum absolute atomic E-state index is 12.0. The fraction of sp³-hybridized carbons (Fsp3) is 0.857. The molecule has 0 radical (unpaired) electrons. The largest absolute Gasteiger partial charge is 0.356 e. The maximum Gasteiger partial charge on any atom is 0.225 e. The van der Waals surface area contributed by atoms with Crippen molar-refractivity contribution >= 4 is 11.8 Å². The zero-order valence-electron chi connectivity index (χ0n) is 12.5. The molecule has 1 heterocycles. The Morgan fingerprint density at radius 1 is 1.42 bits per heavy atom. The number of carbonyl (C=O) groups excluding carboxylic acids is 2. The summed E-state index contributed by atoms with van der Waals surface area (Å²) in [6.07, 6.45) is 3.46. The van der Waals surface area contributed by atoms with E-state index in [-0.39, 0.29) is 17.7 Å². The van der Waals surface area contributed by atoms with Gasteiger partial charge in [0, 0.05) is 32.5 Å². The van der Waals surface area contributed by atoms with Crippen LogP contribution in [0.25, 0.3) is 0 Å². The Morgan fingerprint density at radius 3 is 2.79 bits per heavy atom. The van der Waals surface area contributed by atoms with Crippen molar-refractivity contribution in [2.45, 2.75) is 32.6 Å². The Kier molecular flexibility index (Phi) is 6.84. The summed E-state index contributed by atoms with van der Waals surface area (Å²) in [5, 5.41) is 2.95. The lowest BCUT2D eigenvalue weighted by Crippen LogP contribution is -3.05. The molecule has 5 heteroatoms. The molecule has 0 aliphatic carbocycles. The SMILES string of the molecule is CCCCN1C[C@@H](C(=O)NCCC[NH+](C)C)CC1=O. The molecule has 0 spiro atoms. The Bertz CT molecular complexity index is 305. The molecule has 0 aromatic rings. The van der Waals surface area contributed by atoms with E-state index < -0.39 is 0 Å². The van der Waals surface area contributed by atoms with Gasteiger partial charge >= 0.3 is 0 Å². The number of nitrogens with zero attached hydrogens (tertiary/aromatic N) is 1. The topological polar surface area (TPSA) is 53.9 Å². The molecule has 5 nitrogen and oxygen atoms in total. The number of rotatable bonds is 8. The lowest BCUT2D eigenvalue weighted by atomic mass is 10.1. The van der Waals surface area contributed by atoms with Crippen LogP contribution in [0, 0.1) is 5.92 Å². The molecular weight excluding hydrogens is 242 g/mol. The first kappa shape index (κ1) is 16.0. The van der Waals surface area contributed by atoms with E-state index in [1.165, 1.54) is 4.90 Å². The zero-order chi connectivity index (χ0) is 14.3. The predicted molar refractivity (Wildman–Crippen MR) is 74.9 cm³/mol. The second-order valence-electron chi connectivity index (χ2n) is 5.70. The molecule has 1 atom stereocenters. The summed E-state index contributed by atoms with van der Waals surface area (Å²) in [4.78, 5) is 26.9. The lowest BCUT2D eigenvalue weighted by Gasteiger charge is -2.16. The lowest BCUT2D eigenvalue weighted by molar-refractivity contribution is -0.858. The van der Waals surface area contributed by atoms with Crippen LogP contribution >= 0.6 is 0 Å². The summed E-state index contributed by atoms with van der Waals surface area (Å²) < 4.78 is 0. The van der Waals surface area contributed by atoms with Gasteiger partial charge in [-0.2, -0.15) is 0 Å². The molecule has 1 aliphatic rings. The van der Waals surface area contributed by atoms with E-state index in [0.29, 0.717) is 19.5 Å². The van der Waals surface area contributed by atoms with Gasteiger partial charge < -0.3 is 15.1 Å². The number of carbonyl (C=O) groups is 2. The second kappa shape index (κ2) is 8.15. The Morgan fingerprint density at radius 2 is 2.16 bits per heavy atom. The van der Waals surface area contributed by atoms with E-state index in [1.54, 1.807) is 0 Å². The van der Waals surface area contributed by atoms with Crippen molar-refractivity contribution < 1.29 is 14.5 Å². The maximum atomic E-state index is 12.0. The van der Waals surface area contributed by atoms with Crippen molar-refractivity contribution in [3.05, 3.63) is 0 Å². The fourth-order valence-electron chi connectivity index (χ4n) is 2.31. The highest BCUT2D eigenvalue weighted by Crippen LogP contribution is 2.18. The summed E-state index contributed by atoms with van der Waals surface area (Å²) >= 11 is 0. The van der Waals surface area contributed by atoms with E-state index in [9.17, 15) is 9.59 Å². The first-order chi connectivity index (χ1) is 9.04. The predicted octanol–water partition coefficient (Wildman–Crippen LogP) is -0.714. The molecule has 2 N–H and O–H groups in total. The Balaban J connectivity index is 2.25. The molecule has 2 amide bonds. The van der Waals surface area contributed by atoms with Crippen molar-refractivity contribution in [1.82, 2.24) is 10.2 Å². The third-order valence-corrected chi connectivity index (χ3v) is 3.52. The highest BCUT2D eigenvalue weighted by Gasteiger charge is 2.33. The fourth-order valence-corrected chi connectivity index (χ4v) is 2.31. The van der Waals surface area contributed by atoms with E-state index in [1.807, 2.05) is 4.90 Å². The van der Waals surface area contributed by atoms with Gasteiger partial charge in [0.1, 0.15) is 0 Å². The van der Waals surface area contributed by atoms with Crippen molar-refractivity contribution in [1.29, 1.82) is 0 Å². The molecule has 0 aromatic carbocycles. The van der Waals surface area contributed by atoms with Gasteiger partial charge in [-0.3, -0.25) is 9.59 Å². The Labute approximate surface area is 116 Å². The van der Waals surface area contributed by atoms with Crippen LogP contribution in [0.15, 0.2) is 0 Å². The average molecular weight is 270 g/mol. The minimum Gasteiger partial charge on any atom is -0.356 e. The van der Waals surface area contributed by atoms with Crippen LogP contribution in [0.2, 0.25) is 0 Å². The number of nitrogens with one attached hydrogen (secondary N) is 2. The van der Waals surface area contributed by atoms with E-state index in [0.717, 1.165) is 32.4 Å². The Hall–Kier alpha value is -1.10. The molecule has 1 saturated heterocycles. The van der Waals surface area contributed by atoms with Crippen molar-refractivity contribution in [3.63, 3.8) is 0 Å². The van der Waals surface area contributed by atoms with E-state index >= 15 is 0 Å². The first-order valence-electron chi connectivity index (χ1n) is 7.39.